The number of amides is 1. The van der Waals surface area contributed by atoms with Crippen LogP contribution in [-0.2, 0) is 9.53 Å². The number of benzene rings is 1. The lowest BCUT2D eigenvalue weighted by Crippen LogP contribution is -2.56. The molecule has 2 atom stereocenters. The SMILES string of the molecule is C=C[C@@H](c1ccco1)[C@@](C)(NC(=O)c1ccccc1)C(=O)OC. The van der Waals surface area contributed by atoms with E-state index in [2.05, 4.69) is 11.9 Å². The first kappa shape index (κ1) is 16.5. The molecule has 0 unspecified atom stereocenters. The third kappa shape index (κ3) is 3.34. The van der Waals surface area contributed by atoms with Gasteiger partial charge in [-0.15, -0.1) is 6.58 Å². The van der Waals surface area contributed by atoms with Gasteiger partial charge in [0.1, 0.15) is 11.3 Å². The Morgan fingerprint density at radius 3 is 2.48 bits per heavy atom. The molecule has 2 rings (SSSR count). The Morgan fingerprint density at radius 1 is 1.26 bits per heavy atom. The van der Waals surface area contributed by atoms with Gasteiger partial charge in [-0.3, -0.25) is 4.79 Å². The number of methoxy groups -OCH3 is 1. The summed E-state index contributed by atoms with van der Waals surface area (Å²) in [6, 6.07) is 12.1. The Hall–Kier alpha value is -2.82. The van der Waals surface area contributed by atoms with Crippen LogP contribution in [0.25, 0.3) is 0 Å². The summed E-state index contributed by atoms with van der Waals surface area (Å²) in [4.78, 5) is 24.9. The summed E-state index contributed by atoms with van der Waals surface area (Å²) in [6.45, 7) is 5.35. The maximum atomic E-state index is 12.5. The topological polar surface area (TPSA) is 68.5 Å². The number of hydrogen-bond acceptors (Lipinski definition) is 4. The van der Waals surface area contributed by atoms with Gasteiger partial charge in [-0.1, -0.05) is 24.3 Å². The van der Waals surface area contributed by atoms with Crippen molar-refractivity contribution in [2.45, 2.75) is 18.4 Å². The molecule has 1 N–H and O–H groups in total. The Kier molecular flexibility index (Phi) is 5.01. The summed E-state index contributed by atoms with van der Waals surface area (Å²) in [5.41, 5.74) is -0.897. The monoisotopic (exact) mass is 313 g/mol. The predicted molar refractivity (Wildman–Crippen MR) is 86.0 cm³/mol. The highest BCUT2D eigenvalue weighted by molar-refractivity contribution is 5.98. The highest BCUT2D eigenvalue weighted by Crippen LogP contribution is 2.31. The molecule has 1 aromatic heterocycles. The van der Waals surface area contributed by atoms with Crippen LogP contribution in [0.1, 0.15) is 29.0 Å². The second-order valence-corrected chi connectivity index (χ2v) is 5.24. The molecular weight excluding hydrogens is 294 g/mol. The summed E-state index contributed by atoms with van der Waals surface area (Å²) in [5, 5.41) is 2.75. The van der Waals surface area contributed by atoms with E-state index in [0.717, 1.165) is 0 Å². The number of carbonyl (C=O) groups excluding carboxylic acids is 2. The number of furan rings is 1. The van der Waals surface area contributed by atoms with Gasteiger partial charge in [0.2, 0.25) is 0 Å². The van der Waals surface area contributed by atoms with Gasteiger partial charge >= 0.3 is 5.97 Å². The van der Waals surface area contributed by atoms with Crippen molar-refractivity contribution in [2.24, 2.45) is 0 Å². The van der Waals surface area contributed by atoms with Crippen LogP contribution in [0.15, 0.2) is 65.8 Å². The minimum atomic E-state index is -1.35. The highest BCUT2D eigenvalue weighted by atomic mass is 16.5. The quantitative estimate of drug-likeness (QED) is 0.657. The third-order valence-corrected chi connectivity index (χ3v) is 3.73. The van der Waals surface area contributed by atoms with Crippen LogP contribution in [0.3, 0.4) is 0 Å². The van der Waals surface area contributed by atoms with Crippen molar-refractivity contribution in [1.29, 1.82) is 0 Å². The maximum Gasteiger partial charge on any atom is 0.332 e. The Balaban J connectivity index is 2.37. The van der Waals surface area contributed by atoms with E-state index in [1.807, 2.05) is 6.07 Å². The zero-order valence-corrected chi connectivity index (χ0v) is 13.1. The molecule has 0 aliphatic carbocycles. The van der Waals surface area contributed by atoms with Gasteiger partial charge in [0.25, 0.3) is 5.91 Å². The summed E-state index contributed by atoms with van der Waals surface area (Å²) >= 11 is 0. The lowest BCUT2D eigenvalue weighted by Gasteiger charge is -2.33. The molecule has 0 fully saturated rings. The Morgan fingerprint density at radius 2 is 1.96 bits per heavy atom. The van der Waals surface area contributed by atoms with E-state index in [4.69, 9.17) is 9.15 Å². The van der Waals surface area contributed by atoms with Crippen molar-refractivity contribution in [3.05, 3.63) is 72.7 Å². The maximum absolute atomic E-state index is 12.5. The lowest BCUT2D eigenvalue weighted by molar-refractivity contribution is -0.148. The van der Waals surface area contributed by atoms with E-state index in [9.17, 15) is 9.59 Å². The van der Waals surface area contributed by atoms with Crippen LogP contribution >= 0.6 is 0 Å². The zero-order valence-electron chi connectivity index (χ0n) is 13.1. The fourth-order valence-corrected chi connectivity index (χ4v) is 2.47. The van der Waals surface area contributed by atoms with Crippen LogP contribution in [-0.4, -0.2) is 24.5 Å². The average Bonchev–Trinajstić information content (AvgIpc) is 3.09. The summed E-state index contributed by atoms with van der Waals surface area (Å²) in [7, 11) is 1.28. The second-order valence-electron chi connectivity index (χ2n) is 5.24. The van der Waals surface area contributed by atoms with Gasteiger partial charge in [-0.25, -0.2) is 4.79 Å². The molecule has 1 aromatic carbocycles. The van der Waals surface area contributed by atoms with Crippen LogP contribution in [0.2, 0.25) is 0 Å². The summed E-state index contributed by atoms with van der Waals surface area (Å²) < 4.78 is 10.3. The van der Waals surface area contributed by atoms with Gasteiger partial charge < -0.3 is 14.5 Å². The molecule has 1 amide bonds. The van der Waals surface area contributed by atoms with E-state index in [-0.39, 0.29) is 5.91 Å². The molecule has 23 heavy (non-hydrogen) atoms. The normalized spacial score (nSPS) is 14.3. The average molecular weight is 313 g/mol. The number of hydrogen-bond donors (Lipinski definition) is 1. The molecule has 0 radical (unpaired) electrons. The molecule has 0 spiro atoms. The number of ether oxygens (including phenoxy) is 1. The summed E-state index contributed by atoms with van der Waals surface area (Å²) in [6.07, 6.45) is 3.06. The standard InChI is InChI=1S/C18H19NO4/c1-4-14(15-11-8-12-23-15)18(2,17(21)22-3)19-16(20)13-9-6-5-7-10-13/h4-12,14H,1H2,2-3H3,(H,19,20)/t14-,18+/m0/s1. The molecule has 5 heteroatoms. The van der Waals surface area contributed by atoms with Crippen LogP contribution < -0.4 is 5.32 Å². The van der Waals surface area contributed by atoms with Crippen molar-refractivity contribution in [3.8, 4) is 0 Å². The number of rotatable bonds is 6. The first-order valence-electron chi connectivity index (χ1n) is 7.15. The first-order chi connectivity index (χ1) is 11.0. The highest BCUT2D eigenvalue weighted by Gasteiger charge is 2.44. The van der Waals surface area contributed by atoms with E-state index >= 15 is 0 Å². The third-order valence-electron chi connectivity index (χ3n) is 3.73. The molecule has 1 heterocycles. The van der Waals surface area contributed by atoms with Crippen molar-refractivity contribution < 1.29 is 18.7 Å². The number of carbonyl (C=O) groups is 2. The Bertz CT molecular complexity index is 678. The van der Waals surface area contributed by atoms with Crippen LogP contribution in [0.4, 0.5) is 0 Å². The van der Waals surface area contributed by atoms with Gasteiger partial charge in [0, 0.05) is 5.56 Å². The largest absolute Gasteiger partial charge is 0.469 e. The van der Waals surface area contributed by atoms with Crippen molar-refractivity contribution in [3.63, 3.8) is 0 Å². The minimum absolute atomic E-state index is 0.378. The summed E-state index contributed by atoms with van der Waals surface area (Å²) in [5.74, 6) is -1.01. The lowest BCUT2D eigenvalue weighted by atomic mass is 9.83. The first-order valence-corrected chi connectivity index (χ1v) is 7.15. The molecule has 0 bridgehead atoms. The minimum Gasteiger partial charge on any atom is -0.469 e. The van der Waals surface area contributed by atoms with E-state index in [0.29, 0.717) is 11.3 Å². The van der Waals surface area contributed by atoms with E-state index in [1.54, 1.807) is 49.4 Å². The number of nitrogens with one attached hydrogen (secondary N) is 1. The second kappa shape index (κ2) is 6.96. The Labute approximate surface area is 134 Å². The molecule has 0 aliphatic rings. The number of esters is 1. The molecule has 120 valence electrons. The molecule has 5 nitrogen and oxygen atoms in total. The van der Waals surface area contributed by atoms with E-state index in [1.165, 1.54) is 13.4 Å². The van der Waals surface area contributed by atoms with Crippen LogP contribution in [0.5, 0.6) is 0 Å². The van der Waals surface area contributed by atoms with Gasteiger partial charge in [0.15, 0.2) is 0 Å². The van der Waals surface area contributed by atoms with Crippen molar-refractivity contribution in [2.75, 3.05) is 7.11 Å². The fraction of sp³-hybridized carbons (Fsp3) is 0.222. The van der Waals surface area contributed by atoms with Crippen molar-refractivity contribution >= 4 is 11.9 Å². The van der Waals surface area contributed by atoms with Gasteiger partial charge in [-0.2, -0.15) is 0 Å². The predicted octanol–water partition coefficient (Wildman–Crippen LogP) is 2.91. The smallest absolute Gasteiger partial charge is 0.332 e. The zero-order chi connectivity index (χ0) is 16.9. The van der Waals surface area contributed by atoms with Gasteiger partial charge in [0.05, 0.1) is 19.3 Å². The van der Waals surface area contributed by atoms with E-state index < -0.39 is 17.4 Å². The molecule has 0 saturated heterocycles. The molecule has 0 saturated carbocycles. The van der Waals surface area contributed by atoms with Crippen molar-refractivity contribution in [1.82, 2.24) is 5.32 Å². The fourth-order valence-electron chi connectivity index (χ4n) is 2.47. The molecule has 0 aliphatic heterocycles. The van der Waals surface area contributed by atoms with Crippen LogP contribution in [0, 0.1) is 0 Å². The van der Waals surface area contributed by atoms with Gasteiger partial charge in [-0.05, 0) is 31.2 Å². The molecule has 2 aromatic rings. The molecular formula is C18H19NO4.